The fourth-order valence-electron chi connectivity index (χ4n) is 1.53. The molecule has 2 rings (SSSR count). The van der Waals surface area contributed by atoms with E-state index in [1.807, 2.05) is 0 Å². The summed E-state index contributed by atoms with van der Waals surface area (Å²) in [6.07, 6.45) is 2.33. The Labute approximate surface area is 77.7 Å². The van der Waals surface area contributed by atoms with Crippen LogP contribution in [0.15, 0.2) is 4.52 Å². The van der Waals surface area contributed by atoms with Crippen LogP contribution in [0.2, 0.25) is 0 Å². The van der Waals surface area contributed by atoms with E-state index in [9.17, 15) is 0 Å². The number of nitrogens with zero attached hydrogens (tertiary/aromatic N) is 2. The molecular formula is C9H15N3O. The Morgan fingerprint density at radius 1 is 1.54 bits per heavy atom. The molecule has 0 bridgehead atoms. The van der Waals surface area contributed by atoms with Crippen LogP contribution >= 0.6 is 0 Å². The second-order valence-corrected chi connectivity index (χ2v) is 3.79. The Kier molecular flexibility index (Phi) is 2.31. The van der Waals surface area contributed by atoms with Crippen molar-refractivity contribution in [3.63, 3.8) is 0 Å². The molecule has 13 heavy (non-hydrogen) atoms. The van der Waals surface area contributed by atoms with Crippen LogP contribution in [0, 0.1) is 0 Å². The molecule has 1 aromatic rings. The first kappa shape index (κ1) is 8.69. The molecule has 0 amide bonds. The zero-order chi connectivity index (χ0) is 9.26. The van der Waals surface area contributed by atoms with E-state index >= 15 is 0 Å². The lowest BCUT2D eigenvalue weighted by atomic mass is 10.2. The van der Waals surface area contributed by atoms with E-state index in [0.717, 1.165) is 24.7 Å². The first-order valence-corrected chi connectivity index (χ1v) is 4.84. The smallest absolute Gasteiger partial charge is 0.229 e. The zero-order valence-electron chi connectivity index (χ0n) is 8.08. The molecule has 0 aliphatic carbocycles. The van der Waals surface area contributed by atoms with Crippen molar-refractivity contribution in [2.45, 2.75) is 38.6 Å². The lowest BCUT2D eigenvalue weighted by molar-refractivity contribution is 0.356. The molecule has 0 aromatic carbocycles. The molecule has 1 aliphatic rings. The topological polar surface area (TPSA) is 51.0 Å². The van der Waals surface area contributed by atoms with Gasteiger partial charge in [-0.15, -0.1) is 0 Å². The number of hydrogen-bond donors (Lipinski definition) is 1. The van der Waals surface area contributed by atoms with Crippen LogP contribution in [0.25, 0.3) is 0 Å². The maximum atomic E-state index is 5.14. The summed E-state index contributed by atoms with van der Waals surface area (Å²) in [5.41, 5.74) is 0. The van der Waals surface area contributed by atoms with Crippen LogP contribution in [0.3, 0.4) is 0 Å². The van der Waals surface area contributed by atoms with E-state index in [-0.39, 0.29) is 0 Å². The van der Waals surface area contributed by atoms with E-state index in [2.05, 4.69) is 29.3 Å². The highest BCUT2D eigenvalue weighted by Crippen LogP contribution is 2.21. The number of nitrogens with one attached hydrogen (secondary N) is 1. The van der Waals surface area contributed by atoms with Crippen molar-refractivity contribution in [2.75, 3.05) is 6.54 Å². The van der Waals surface area contributed by atoms with Crippen molar-refractivity contribution in [1.29, 1.82) is 0 Å². The molecular weight excluding hydrogens is 166 g/mol. The maximum absolute atomic E-state index is 5.14. The summed E-state index contributed by atoms with van der Waals surface area (Å²) in [5, 5.41) is 7.31. The molecule has 0 spiro atoms. The van der Waals surface area contributed by atoms with Crippen molar-refractivity contribution in [3.8, 4) is 0 Å². The first-order chi connectivity index (χ1) is 6.27. The van der Waals surface area contributed by atoms with Crippen LogP contribution in [-0.2, 0) is 0 Å². The van der Waals surface area contributed by atoms with Gasteiger partial charge in [-0.1, -0.05) is 19.0 Å². The Morgan fingerprint density at radius 2 is 2.38 bits per heavy atom. The third kappa shape index (κ3) is 1.72. The van der Waals surface area contributed by atoms with Gasteiger partial charge in [0, 0.05) is 5.92 Å². The summed E-state index contributed by atoms with van der Waals surface area (Å²) in [5.74, 6) is 1.88. The summed E-state index contributed by atoms with van der Waals surface area (Å²) in [4.78, 5) is 4.35. The predicted molar refractivity (Wildman–Crippen MR) is 48.4 cm³/mol. The van der Waals surface area contributed by atoms with Gasteiger partial charge >= 0.3 is 0 Å². The van der Waals surface area contributed by atoms with Gasteiger partial charge in [0.05, 0.1) is 6.04 Å². The highest BCUT2D eigenvalue weighted by Gasteiger charge is 2.22. The second kappa shape index (κ2) is 3.46. The third-order valence-corrected chi connectivity index (χ3v) is 2.32. The second-order valence-electron chi connectivity index (χ2n) is 3.79. The standard InChI is InChI=1S/C9H15N3O/c1-6(2)9-11-8(12-13-9)7-4-3-5-10-7/h6-7,10H,3-5H2,1-2H3/t7-/m1/s1. The van der Waals surface area contributed by atoms with Crippen molar-refractivity contribution >= 4 is 0 Å². The molecule has 1 fully saturated rings. The highest BCUT2D eigenvalue weighted by molar-refractivity contribution is 4.98. The first-order valence-electron chi connectivity index (χ1n) is 4.84. The summed E-state index contributed by atoms with van der Waals surface area (Å²) in [7, 11) is 0. The number of rotatable bonds is 2. The zero-order valence-corrected chi connectivity index (χ0v) is 8.08. The quantitative estimate of drug-likeness (QED) is 0.753. The van der Waals surface area contributed by atoms with Crippen molar-refractivity contribution in [1.82, 2.24) is 15.5 Å². The molecule has 4 heteroatoms. The molecule has 1 saturated heterocycles. The van der Waals surface area contributed by atoms with Gasteiger partial charge in [-0.3, -0.25) is 0 Å². The molecule has 1 N–H and O–H groups in total. The van der Waals surface area contributed by atoms with Crippen LogP contribution in [0.4, 0.5) is 0 Å². The maximum Gasteiger partial charge on any atom is 0.229 e. The molecule has 0 radical (unpaired) electrons. The largest absolute Gasteiger partial charge is 0.339 e. The van der Waals surface area contributed by atoms with Crippen molar-refractivity contribution in [3.05, 3.63) is 11.7 Å². The lowest BCUT2D eigenvalue weighted by Gasteiger charge is -2.01. The predicted octanol–water partition coefficient (Wildman–Crippen LogP) is 1.62. The highest BCUT2D eigenvalue weighted by atomic mass is 16.5. The van der Waals surface area contributed by atoms with Gasteiger partial charge < -0.3 is 9.84 Å². The molecule has 1 atom stereocenters. The number of hydrogen-bond acceptors (Lipinski definition) is 4. The van der Waals surface area contributed by atoms with E-state index < -0.39 is 0 Å². The van der Waals surface area contributed by atoms with Crippen LogP contribution in [0.1, 0.15) is 50.4 Å². The molecule has 1 aliphatic heterocycles. The molecule has 72 valence electrons. The Balaban J connectivity index is 2.12. The van der Waals surface area contributed by atoms with Gasteiger partial charge in [0.15, 0.2) is 5.82 Å². The van der Waals surface area contributed by atoms with E-state index in [0.29, 0.717) is 12.0 Å². The van der Waals surface area contributed by atoms with Crippen LogP contribution < -0.4 is 5.32 Å². The van der Waals surface area contributed by atoms with Crippen LogP contribution in [0.5, 0.6) is 0 Å². The fraction of sp³-hybridized carbons (Fsp3) is 0.778. The Morgan fingerprint density at radius 3 is 2.92 bits per heavy atom. The van der Waals surface area contributed by atoms with E-state index in [4.69, 9.17) is 4.52 Å². The lowest BCUT2D eigenvalue weighted by Crippen LogP contribution is -2.14. The monoisotopic (exact) mass is 181 g/mol. The average Bonchev–Trinajstić information content (AvgIpc) is 2.75. The minimum absolute atomic E-state index is 0.316. The summed E-state index contributed by atoms with van der Waals surface area (Å²) in [6.45, 7) is 5.18. The van der Waals surface area contributed by atoms with Crippen molar-refractivity contribution < 1.29 is 4.52 Å². The summed E-state index contributed by atoms with van der Waals surface area (Å²) in [6, 6.07) is 0.316. The van der Waals surface area contributed by atoms with E-state index in [1.54, 1.807) is 0 Å². The molecule has 4 nitrogen and oxygen atoms in total. The Hall–Kier alpha value is -0.900. The molecule has 1 aromatic heterocycles. The minimum atomic E-state index is 0.316. The van der Waals surface area contributed by atoms with Gasteiger partial charge in [-0.05, 0) is 19.4 Å². The summed E-state index contributed by atoms with van der Waals surface area (Å²) >= 11 is 0. The average molecular weight is 181 g/mol. The van der Waals surface area contributed by atoms with Crippen molar-refractivity contribution in [2.24, 2.45) is 0 Å². The van der Waals surface area contributed by atoms with Gasteiger partial charge in [0.2, 0.25) is 5.89 Å². The SMILES string of the molecule is CC(C)c1nc([C@H]2CCCN2)no1. The van der Waals surface area contributed by atoms with E-state index in [1.165, 1.54) is 6.42 Å². The summed E-state index contributed by atoms with van der Waals surface area (Å²) < 4.78 is 5.14. The van der Waals surface area contributed by atoms with Gasteiger partial charge in [-0.2, -0.15) is 4.98 Å². The molecule has 0 saturated carbocycles. The normalized spacial score (nSPS) is 22.8. The van der Waals surface area contributed by atoms with Gasteiger partial charge in [0.25, 0.3) is 0 Å². The number of aromatic nitrogens is 2. The minimum Gasteiger partial charge on any atom is -0.339 e. The molecule has 2 heterocycles. The van der Waals surface area contributed by atoms with Crippen LogP contribution in [-0.4, -0.2) is 16.7 Å². The van der Waals surface area contributed by atoms with Gasteiger partial charge in [0.1, 0.15) is 0 Å². The fourth-order valence-corrected chi connectivity index (χ4v) is 1.53. The third-order valence-electron chi connectivity index (χ3n) is 2.32. The Bertz CT molecular complexity index is 276. The van der Waals surface area contributed by atoms with Gasteiger partial charge in [-0.25, -0.2) is 0 Å². The molecule has 0 unspecified atom stereocenters.